The summed E-state index contributed by atoms with van der Waals surface area (Å²) in [4.78, 5) is 12.0. The minimum absolute atomic E-state index is 0.227. The number of ether oxygens (including phenoxy) is 1. The van der Waals surface area contributed by atoms with Crippen LogP contribution >= 0.6 is 0 Å². The second-order valence-corrected chi connectivity index (χ2v) is 5.75. The van der Waals surface area contributed by atoms with Crippen LogP contribution in [0.3, 0.4) is 0 Å². The standard InChI is InChI=1S/C18H26O2/c1-2-15-9-6-7-13-18(15)20-14-8-12-17(19)16-10-4-3-5-11-16/h3-5,10-11,15,18H,2,6-9,12-14H2,1H3. The van der Waals surface area contributed by atoms with Gasteiger partial charge in [0, 0.05) is 18.6 Å². The van der Waals surface area contributed by atoms with Crippen molar-refractivity contribution in [2.75, 3.05) is 6.61 Å². The van der Waals surface area contributed by atoms with Crippen LogP contribution in [0.5, 0.6) is 0 Å². The Morgan fingerprint density at radius 3 is 2.70 bits per heavy atom. The van der Waals surface area contributed by atoms with E-state index in [1.807, 2.05) is 30.3 Å². The van der Waals surface area contributed by atoms with Crippen molar-refractivity contribution in [2.24, 2.45) is 5.92 Å². The number of ketones is 1. The van der Waals surface area contributed by atoms with Gasteiger partial charge in [0.1, 0.15) is 0 Å². The molecular weight excluding hydrogens is 248 g/mol. The van der Waals surface area contributed by atoms with Gasteiger partial charge in [0.2, 0.25) is 0 Å². The largest absolute Gasteiger partial charge is 0.378 e. The third kappa shape index (κ3) is 4.45. The van der Waals surface area contributed by atoms with Gasteiger partial charge in [0.05, 0.1) is 6.10 Å². The van der Waals surface area contributed by atoms with Crippen LogP contribution in [0.1, 0.15) is 62.2 Å². The van der Waals surface area contributed by atoms with Crippen molar-refractivity contribution >= 4 is 5.78 Å². The average molecular weight is 274 g/mol. The first-order valence-electron chi connectivity index (χ1n) is 8.01. The van der Waals surface area contributed by atoms with Crippen molar-refractivity contribution < 1.29 is 9.53 Å². The second kappa shape index (κ2) is 8.21. The minimum atomic E-state index is 0.227. The summed E-state index contributed by atoms with van der Waals surface area (Å²) in [7, 11) is 0. The van der Waals surface area contributed by atoms with Crippen LogP contribution in [0, 0.1) is 5.92 Å². The lowest BCUT2D eigenvalue weighted by atomic mass is 9.85. The third-order valence-corrected chi connectivity index (χ3v) is 4.34. The van der Waals surface area contributed by atoms with Gasteiger partial charge in [-0.2, -0.15) is 0 Å². The highest BCUT2D eigenvalue weighted by atomic mass is 16.5. The molecule has 0 heterocycles. The lowest BCUT2D eigenvalue weighted by Gasteiger charge is -2.30. The molecule has 0 radical (unpaired) electrons. The highest BCUT2D eigenvalue weighted by Crippen LogP contribution is 2.29. The molecule has 0 N–H and O–H groups in total. The normalized spacial score (nSPS) is 22.6. The van der Waals surface area contributed by atoms with E-state index in [1.165, 1.54) is 32.1 Å². The van der Waals surface area contributed by atoms with Gasteiger partial charge in [0.25, 0.3) is 0 Å². The smallest absolute Gasteiger partial charge is 0.162 e. The molecule has 1 aromatic carbocycles. The van der Waals surface area contributed by atoms with E-state index in [4.69, 9.17) is 4.74 Å². The topological polar surface area (TPSA) is 26.3 Å². The summed E-state index contributed by atoms with van der Waals surface area (Å²) in [5.74, 6) is 0.957. The Balaban J connectivity index is 1.67. The van der Waals surface area contributed by atoms with Gasteiger partial charge in [0.15, 0.2) is 5.78 Å². The average Bonchev–Trinajstić information content (AvgIpc) is 2.52. The van der Waals surface area contributed by atoms with Crippen LogP contribution in [0.25, 0.3) is 0 Å². The van der Waals surface area contributed by atoms with Gasteiger partial charge >= 0.3 is 0 Å². The van der Waals surface area contributed by atoms with Crippen LogP contribution in [-0.2, 0) is 4.74 Å². The first-order chi connectivity index (χ1) is 9.81. The molecule has 0 spiro atoms. The first kappa shape index (κ1) is 15.2. The van der Waals surface area contributed by atoms with Crippen molar-refractivity contribution in [3.8, 4) is 0 Å². The molecule has 0 aliphatic heterocycles. The molecule has 2 heteroatoms. The van der Waals surface area contributed by atoms with Crippen molar-refractivity contribution in [1.82, 2.24) is 0 Å². The quantitative estimate of drug-likeness (QED) is 0.535. The van der Waals surface area contributed by atoms with Gasteiger partial charge in [-0.25, -0.2) is 0 Å². The van der Waals surface area contributed by atoms with Gasteiger partial charge in [-0.05, 0) is 25.2 Å². The predicted molar refractivity (Wildman–Crippen MR) is 82.0 cm³/mol. The fourth-order valence-electron chi connectivity index (χ4n) is 3.10. The third-order valence-electron chi connectivity index (χ3n) is 4.34. The molecule has 1 aliphatic carbocycles. The molecule has 1 aliphatic rings. The fourth-order valence-corrected chi connectivity index (χ4v) is 3.10. The molecule has 110 valence electrons. The van der Waals surface area contributed by atoms with Crippen LogP contribution in [0.15, 0.2) is 30.3 Å². The van der Waals surface area contributed by atoms with Crippen molar-refractivity contribution in [3.05, 3.63) is 35.9 Å². The SMILES string of the molecule is CCC1CCCCC1OCCCC(=O)c1ccccc1. The van der Waals surface area contributed by atoms with Crippen LogP contribution in [0.2, 0.25) is 0 Å². The molecule has 0 bridgehead atoms. The van der Waals surface area contributed by atoms with Crippen molar-refractivity contribution in [3.63, 3.8) is 0 Å². The molecule has 20 heavy (non-hydrogen) atoms. The summed E-state index contributed by atoms with van der Waals surface area (Å²) in [6.45, 7) is 2.98. The fraction of sp³-hybridized carbons (Fsp3) is 0.611. The van der Waals surface area contributed by atoms with E-state index in [2.05, 4.69) is 6.92 Å². The summed E-state index contributed by atoms with van der Waals surface area (Å²) in [5, 5.41) is 0. The Morgan fingerprint density at radius 2 is 1.95 bits per heavy atom. The Labute approximate surface area is 122 Å². The number of hydrogen-bond acceptors (Lipinski definition) is 2. The zero-order valence-corrected chi connectivity index (χ0v) is 12.5. The molecule has 2 atom stereocenters. The Kier molecular flexibility index (Phi) is 6.25. The maximum absolute atomic E-state index is 12.0. The predicted octanol–water partition coefficient (Wildman–Crippen LogP) is 4.63. The monoisotopic (exact) mass is 274 g/mol. The maximum atomic E-state index is 12.0. The molecule has 1 fully saturated rings. The summed E-state index contributed by atoms with van der Waals surface area (Å²) in [6.07, 6.45) is 8.23. The number of carbonyl (C=O) groups excluding carboxylic acids is 1. The Hall–Kier alpha value is -1.15. The van der Waals surface area contributed by atoms with E-state index in [9.17, 15) is 4.79 Å². The van der Waals surface area contributed by atoms with Gasteiger partial charge in [-0.1, -0.05) is 56.5 Å². The zero-order chi connectivity index (χ0) is 14.2. The number of hydrogen-bond donors (Lipinski definition) is 0. The van der Waals surface area contributed by atoms with E-state index >= 15 is 0 Å². The van der Waals surface area contributed by atoms with E-state index < -0.39 is 0 Å². The van der Waals surface area contributed by atoms with Crippen molar-refractivity contribution in [1.29, 1.82) is 0 Å². The van der Waals surface area contributed by atoms with E-state index in [0.29, 0.717) is 12.5 Å². The molecule has 2 rings (SSSR count). The molecular formula is C18H26O2. The molecule has 1 aromatic rings. The van der Waals surface area contributed by atoms with Crippen LogP contribution in [-0.4, -0.2) is 18.5 Å². The summed E-state index contributed by atoms with van der Waals surface area (Å²) in [5.41, 5.74) is 0.816. The highest BCUT2D eigenvalue weighted by molar-refractivity contribution is 5.95. The highest BCUT2D eigenvalue weighted by Gasteiger charge is 2.23. The summed E-state index contributed by atoms with van der Waals surface area (Å²) in [6, 6.07) is 9.54. The summed E-state index contributed by atoms with van der Waals surface area (Å²) < 4.78 is 6.02. The van der Waals surface area contributed by atoms with E-state index in [0.717, 1.165) is 24.5 Å². The number of benzene rings is 1. The van der Waals surface area contributed by atoms with Crippen LogP contribution in [0.4, 0.5) is 0 Å². The second-order valence-electron chi connectivity index (χ2n) is 5.75. The first-order valence-corrected chi connectivity index (χ1v) is 8.01. The lowest BCUT2D eigenvalue weighted by molar-refractivity contribution is -0.0130. The molecule has 2 nitrogen and oxygen atoms in total. The minimum Gasteiger partial charge on any atom is -0.378 e. The molecule has 0 aromatic heterocycles. The number of Topliss-reactive ketones (excluding diaryl/α,β-unsaturated/α-hetero) is 1. The molecule has 0 amide bonds. The maximum Gasteiger partial charge on any atom is 0.162 e. The Bertz CT molecular complexity index is 399. The lowest BCUT2D eigenvalue weighted by Crippen LogP contribution is -2.27. The van der Waals surface area contributed by atoms with Gasteiger partial charge in [-0.15, -0.1) is 0 Å². The Morgan fingerprint density at radius 1 is 1.20 bits per heavy atom. The van der Waals surface area contributed by atoms with Crippen LogP contribution < -0.4 is 0 Å². The van der Waals surface area contributed by atoms with E-state index in [1.54, 1.807) is 0 Å². The molecule has 2 unspecified atom stereocenters. The van der Waals surface area contributed by atoms with Crippen molar-refractivity contribution in [2.45, 2.75) is 58.0 Å². The van der Waals surface area contributed by atoms with Gasteiger partial charge in [-0.3, -0.25) is 4.79 Å². The number of rotatable bonds is 7. The number of carbonyl (C=O) groups is 1. The zero-order valence-electron chi connectivity index (χ0n) is 12.5. The molecule has 0 saturated heterocycles. The van der Waals surface area contributed by atoms with E-state index in [-0.39, 0.29) is 5.78 Å². The molecule has 1 saturated carbocycles. The van der Waals surface area contributed by atoms with Gasteiger partial charge < -0.3 is 4.74 Å². The summed E-state index contributed by atoms with van der Waals surface area (Å²) >= 11 is 0.